The number of carbonyl (C=O) groups excluding carboxylic acids is 3. The third-order valence-electron chi connectivity index (χ3n) is 9.03. The van der Waals surface area contributed by atoms with Crippen molar-refractivity contribution in [1.29, 1.82) is 0 Å². The van der Waals surface area contributed by atoms with Crippen molar-refractivity contribution in [2.45, 2.75) is 83.6 Å². The van der Waals surface area contributed by atoms with Crippen molar-refractivity contribution in [2.24, 2.45) is 22.7 Å². The van der Waals surface area contributed by atoms with Gasteiger partial charge in [0, 0.05) is 30.1 Å². The number of carbonyl (C=O) groups is 3. The van der Waals surface area contributed by atoms with Crippen LogP contribution in [0.25, 0.3) is 0 Å². The fourth-order valence-corrected chi connectivity index (χ4v) is 7.61. The lowest BCUT2D eigenvalue weighted by Gasteiger charge is -2.63. The number of ketones is 2. The average Bonchev–Trinajstić information content (AvgIpc) is 2.92. The van der Waals surface area contributed by atoms with Crippen molar-refractivity contribution in [3.63, 3.8) is 0 Å². The van der Waals surface area contributed by atoms with E-state index in [0.29, 0.717) is 31.3 Å². The van der Waals surface area contributed by atoms with Gasteiger partial charge in [0.1, 0.15) is 5.67 Å². The van der Waals surface area contributed by atoms with Gasteiger partial charge in [0.05, 0.1) is 6.10 Å². The topological polar surface area (TPSA) is 80.7 Å². The molecule has 0 spiro atoms. The number of hydrogen-bond donors (Lipinski definition) is 1. The maximum Gasteiger partial charge on any atom is 0.303 e. The van der Waals surface area contributed by atoms with Crippen LogP contribution in [-0.4, -0.2) is 40.0 Å². The number of esters is 1. The SMILES string of the molecule is C=C1C[C@H]2[C@@H]3CC[C@](OC(C)=O)(C(C)=O)[C@@]3(C)C[C@H](O)[C@]2(F)[C@@]2(C)CCC(=O)C=C12. The normalized spacial score (nSPS) is 47.7. The van der Waals surface area contributed by atoms with Crippen molar-refractivity contribution < 1.29 is 28.6 Å². The van der Waals surface area contributed by atoms with Crippen molar-refractivity contribution in [1.82, 2.24) is 0 Å². The first-order chi connectivity index (χ1) is 13.8. The van der Waals surface area contributed by atoms with Crippen LogP contribution in [0.5, 0.6) is 0 Å². The molecule has 0 aromatic carbocycles. The van der Waals surface area contributed by atoms with E-state index in [0.717, 1.165) is 5.57 Å². The van der Waals surface area contributed by atoms with E-state index in [1.165, 1.54) is 19.9 Å². The lowest BCUT2D eigenvalue weighted by Crippen LogP contribution is -2.70. The third-order valence-corrected chi connectivity index (χ3v) is 9.03. The molecular weight excluding hydrogens is 387 g/mol. The summed E-state index contributed by atoms with van der Waals surface area (Å²) in [6, 6.07) is 0. The second kappa shape index (κ2) is 6.35. The first kappa shape index (κ1) is 21.4. The van der Waals surface area contributed by atoms with Gasteiger partial charge in [0.15, 0.2) is 17.2 Å². The van der Waals surface area contributed by atoms with Crippen LogP contribution in [0.4, 0.5) is 4.39 Å². The van der Waals surface area contributed by atoms with E-state index in [4.69, 9.17) is 4.74 Å². The Morgan fingerprint density at radius 3 is 2.50 bits per heavy atom. The summed E-state index contributed by atoms with van der Waals surface area (Å²) in [4.78, 5) is 36.8. The number of alkyl halides is 1. The van der Waals surface area contributed by atoms with Gasteiger partial charge >= 0.3 is 5.97 Å². The van der Waals surface area contributed by atoms with E-state index >= 15 is 4.39 Å². The largest absolute Gasteiger partial charge is 0.451 e. The Bertz CT molecular complexity index is 892. The fourth-order valence-electron chi connectivity index (χ4n) is 7.61. The molecule has 1 N–H and O–H groups in total. The van der Waals surface area contributed by atoms with Crippen LogP contribution in [0.2, 0.25) is 0 Å². The molecule has 4 aliphatic carbocycles. The summed E-state index contributed by atoms with van der Waals surface area (Å²) >= 11 is 0. The van der Waals surface area contributed by atoms with Gasteiger partial charge in [-0.3, -0.25) is 14.4 Å². The fraction of sp³-hybridized carbons (Fsp3) is 0.708. The number of aliphatic hydroxyl groups is 1. The summed E-state index contributed by atoms with van der Waals surface area (Å²) < 4.78 is 22.8. The maximum atomic E-state index is 17.1. The molecule has 0 aromatic rings. The van der Waals surface area contributed by atoms with Crippen molar-refractivity contribution >= 4 is 17.5 Å². The van der Waals surface area contributed by atoms with Crippen LogP contribution in [0.15, 0.2) is 23.8 Å². The molecule has 4 rings (SSSR count). The van der Waals surface area contributed by atoms with E-state index in [-0.39, 0.29) is 30.3 Å². The number of Topliss-reactive ketones (excluding diaryl/α,β-unsaturated/α-hetero) is 1. The molecule has 0 heterocycles. The summed E-state index contributed by atoms with van der Waals surface area (Å²) in [6.45, 7) is 10.5. The Kier molecular flexibility index (Phi) is 4.53. The molecule has 6 heteroatoms. The Labute approximate surface area is 176 Å². The van der Waals surface area contributed by atoms with E-state index in [1.54, 1.807) is 6.92 Å². The van der Waals surface area contributed by atoms with Gasteiger partial charge < -0.3 is 9.84 Å². The van der Waals surface area contributed by atoms with Crippen LogP contribution in [0.1, 0.15) is 66.2 Å². The minimum absolute atomic E-state index is 0.0286. The maximum absolute atomic E-state index is 17.1. The van der Waals surface area contributed by atoms with Gasteiger partial charge in [-0.25, -0.2) is 4.39 Å². The van der Waals surface area contributed by atoms with E-state index < -0.39 is 40.1 Å². The third kappa shape index (κ3) is 2.34. The highest BCUT2D eigenvalue weighted by molar-refractivity contribution is 5.93. The molecule has 0 bridgehead atoms. The molecule has 0 aromatic heterocycles. The Morgan fingerprint density at radius 1 is 1.23 bits per heavy atom. The van der Waals surface area contributed by atoms with Gasteiger partial charge in [0.2, 0.25) is 0 Å². The zero-order valence-electron chi connectivity index (χ0n) is 18.2. The monoisotopic (exact) mass is 418 g/mol. The van der Waals surface area contributed by atoms with Gasteiger partial charge in [-0.1, -0.05) is 26.0 Å². The summed E-state index contributed by atoms with van der Waals surface area (Å²) in [5.41, 5.74) is -3.82. The van der Waals surface area contributed by atoms with Crippen molar-refractivity contribution in [3.05, 3.63) is 23.8 Å². The molecule has 5 nitrogen and oxygen atoms in total. The summed E-state index contributed by atoms with van der Waals surface area (Å²) in [7, 11) is 0. The number of hydrogen-bond acceptors (Lipinski definition) is 5. The number of ether oxygens (including phenoxy) is 1. The van der Waals surface area contributed by atoms with E-state index in [2.05, 4.69) is 6.58 Å². The summed E-state index contributed by atoms with van der Waals surface area (Å²) in [5.74, 6) is -1.65. The Hall–Kier alpha value is -1.82. The molecule has 7 atom stereocenters. The second-order valence-electron chi connectivity index (χ2n) is 10.3. The molecule has 164 valence electrons. The molecule has 0 unspecified atom stereocenters. The van der Waals surface area contributed by atoms with Crippen LogP contribution >= 0.6 is 0 Å². The molecule has 30 heavy (non-hydrogen) atoms. The smallest absolute Gasteiger partial charge is 0.303 e. The molecule has 0 radical (unpaired) electrons. The first-order valence-corrected chi connectivity index (χ1v) is 10.8. The van der Waals surface area contributed by atoms with Gasteiger partial charge in [-0.05, 0) is 56.6 Å². The molecule has 0 amide bonds. The molecule has 3 fully saturated rings. The van der Waals surface area contributed by atoms with Gasteiger partial charge in [-0.15, -0.1) is 0 Å². The number of aliphatic hydroxyl groups excluding tert-OH is 1. The van der Waals surface area contributed by atoms with Crippen LogP contribution in [0.3, 0.4) is 0 Å². The van der Waals surface area contributed by atoms with Gasteiger partial charge in [0.25, 0.3) is 0 Å². The number of allylic oxidation sites excluding steroid dienone is 2. The molecule has 3 saturated carbocycles. The molecule has 0 aliphatic heterocycles. The Balaban J connectivity index is 1.86. The number of fused-ring (bicyclic) bond motifs is 5. The van der Waals surface area contributed by atoms with Gasteiger partial charge in [-0.2, -0.15) is 0 Å². The quantitative estimate of drug-likeness (QED) is 0.693. The minimum atomic E-state index is -1.94. The predicted octanol–water partition coefficient (Wildman–Crippen LogP) is 3.64. The summed E-state index contributed by atoms with van der Waals surface area (Å²) in [6.07, 6.45) is 1.94. The highest BCUT2D eigenvalue weighted by Gasteiger charge is 2.75. The van der Waals surface area contributed by atoms with Crippen LogP contribution in [-0.2, 0) is 19.1 Å². The highest BCUT2D eigenvalue weighted by atomic mass is 19.1. The zero-order chi connectivity index (χ0) is 22.3. The van der Waals surface area contributed by atoms with Crippen molar-refractivity contribution in [2.75, 3.05) is 0 Å². The predicted molar refractivity (Wildman–Crippen MR) is 108 cm³/mol. The average molecular weight is 419 g/mol. The van der Waals surface area contributed by atoms with Crippen LogP contribution in [0, 0.1) is 22.7 Å². The molecule has 4 aliphatic rings. The Morgan fingerprint density at radius 2 is 1.90 bits per heavy atom. The number of rotatable bonds is 2. The van der Waals surface area contributed by atoms with E-state index in [1.807, 2.05) is 6.92 Å². The first-order valence-electron chi connectivity index (χ1n) is 10.8. The lowest BCUT2D eigenvalue weighted by molar-refractivity contribution is -0.227. The van der Waals surface area contributed by atoms with Crippen LogP contribution < -0.4 is 0 Å². The summed E-state index contributed by atoms with van der Waals surface area (Å²) in [5, 5.41) is 11.3. The standard InChI is InChI=1S/C24H31FO5/c1-13-10-19-17-7-9-23(14(2)26,30-15(3)27)22(17,5)12-20(29)24(19,25)21(4)8-6-16(28)11-18(13)21/h11,17,19-20,29H,1,6-10,12H2,2-5H3/t17-,19-,20-,21-,22-,23-,24-/m0/s1. The van der Waals surface area contributed by atoms with E-state index in [9.17, 15) is 19.5 Å². The second-order valence-corrected chi connectivity index (χ2v) is 10.3. The zero-order valence-corrected chi connectivity index (χ0v) is 18.2. The number of halogens is 1. The highest BCUT2D eigenvalue weighted by Crippen LogP contribution is 2.71. The molecular formula is C24H31FO5. The van der Waals surface area contributed by atoms with Crippen molar-refractivity contribution in [3.8, 4) is 0 Å². The molecule has 0 saturated heterocycles. The minimum Gasteiger partial charge on any atom is -0.451 e. The lowest BCUT2D eigenvalue weighted by atomic mass is 9.43.